The van der Waals surface area contributed by atoms with E-state index in [4.69, 9.17) is 4.52 Å². The summed E-state index contributed by atoms with van der Waals surface area (Å²) in [4.78, 5) is 34.5. The van der Waals surface area contributed by atoms with Crippen LogP contribution in [0.4, 0.5) is 5.69 Å². The predicted octanol–water partition coefficient (Wildman–Crippen LogP) is 2.82. The van der Waals surface area contributed by atoms with Crippen molar-refractivity contribution in [3.8, 4) is 11.4 Å². The second-order valence-corrected chi connectivity index (χ2v) is 10.0. The van der Waals surface area contributed by atoms with Gasteiger partial charge in [0.25, 0.3) is 0 Å². The normalized spacial score (nSPS) is 14.3. The molecule has 1 unspecified atom stereocenters. The van der Waals surface area contributed by atoms with E-state index in [1.54, 1.807) is 6.92 Å². The molecule has 1 aliphatic carbocycles. The minimum atomic E-state index is -0.137. The quantitative estimate of drug-likeness (QED) is 0.376. The van der Waals surface area contributed by atoms with Crippen LogP contribution in [0.25, 0.3) is 11.4 Å². The molecule has 0 spiro atoms. The van der Waals surface area contributed by atoms with Gasteiger partial charge >= 0.3 is 0 Å². The number of anilines is 1. The number of amides is 2. The van der Waals surface area contributed by atoms with Gasteiger partial charge in [0.2, 0.25) is 23.5 Å². The molecule has 0 radical (unpaired) electrons. The largest absolute Gasteiger partial charge is 0.353 e. The van der Waals surface area contributed by atoms with Crippen LogP contribution in [0.15, 0.2) is 40.9 Å². The molecule has 9 heteroatoms. The van der Waals surface area contributed by atoms with Gasteiger partial charge in [0, 0.05) is 44.4 Å². The van der Waals surface area contributed by atoms with Crippen molar-refractivity contribution in [1.82, 2.24) is 25.7 Å². The molecule has 2 amide bonds. The Bertz CT molecular complexity index is 1290. The van der Waals surface area contributed by atoms with E-state index < -0.39 is 0 Å². The molecule has 0 aliphatic heterocycles. The first kappa shape index (κ1) is 27.3. The fourth-order valence-electron chi connectivity index (χ4n) is 4.90. The SMILES string of the molecule is CCNCCNC(=O)CN(CC(=O)N(C)C1Cc2ccc(C)cc2C1)c1cc(-c2noc(C)n2)ccc1C. The highest BCUT2D eigenvalue weighted by molar-refractivity contribution is 5.87. The third kappa shape index (κ3) is 6.58. The van der Waals surface area contributed by atoms with Crippen molar-refractivity contribution in [3.05, 3.63) is 64.5 Å². The van der Waals surface area contributed by atoms with Crippen LogP contribution in [0.3, 0.4) is 0 Å². The summed E-state index contributed by atoms with van der Waals surface area (Å²) in [5, 5.41) is 10.2. The minimum Gasteiger partial charge on any atom is -0.353 e. The second kappa shape index (κ2) is 12.2. The molecule has 0 fully saturated rings. The highest BCUT2D eigenvalue weighted by Crippen LogP contribution is 2.28. The summed E-state index contributed by atoms with van der Waals surface area (Å²) in [6.45, 7) is 10.0. The molecule has 0 saturated carbocycles. The summed E-state index contributed by atoms with van der Waals surface area (Å²) in [6.07, 6.45) is 1.68. The van der Waals surface area contributed by atoms with Crippen molar-refractivity contribution in [2.24, 2.45) is 0 Å². The van der Waals surface area contributed by atoms with Gasteiger partial charge in [-0.2, -0.15) is 4.98 Å². The number of nitrogens with zero attached hydrogens (tertiary/aromatic N) is 4. The van der Waals surface area contributed by atoms with Gasteiger partial charge in [0.1, 0.15) is 0 Å². The molecule has 2 N–H and O–H groups in total. The van der Waals surface area contributed by atoms with Crippen LogP contribution in [0.2, 0.25) is 0 Å². The summed E-state index contributed by atoms with van der Waals surface area (Å²) in [5.74, 6) is 0.785. The van der Waals surface area contributed by atoms with Crippen molar-refractivity contribution < 1.29 is 14.1 Å². The first-order valence-corrected chi connectivity index (χ1v) is 13.2. The Morgan fingerprint density at radius 3 is 2.55 bits per heavy atom. The summed E-state index contributed by atoms with van der Waals surface area (Å²) in [7, 11) is 1.87. The van der Waals surface area contributed by atoms with Crippen molar-refractivity contribution >= 4 is 17.5 Å². The molecule has 0 bridgehead atoms. The van der Waals surface area contributed by atoms with E-state index in [0.717, 1.165) is 36.2 Å². The molecular formula is C29H38N6O3. The summed E-state index contributed by atoms with van der Waals surface area (Å²) >= 11 is 0. The standard InChI is InChI=1S/C29H38N6O3/c1-6-30-11-12-31-27(36)17-35(26-16-23(10-8-20(26)3)29-32-21(4)38-33-29)18-28(37)34(5)25-14-22-9-7-19(2)13-24(22)15-25/h7-10,13,16,25,30H,6,11-12,14-15,17-18H2,1-5H3,(H,31,36). The molecule has 1 aromatic heterocycles. The van der Waals surface area contributed by atoms with Gasteiger partial charge in [-0.05, 0) is 56.0 Å². The van der Waals surface area contributed by atoms with Crippen LogP contribution in [-0.2, 0) is 22.4 Å². The van der Waals surface area contributed by atoms with Gasteiger partial charge in [-0.15, -0.1) is 0 Å². The molecule has 1 atom stereocenters. The van der Waals surface area contributed by atoms with E-state index in [9.17, 15) is 9.59 Å². The fourth-order valence-corrected chi connectivity index (χ4v) is 4.90. The molecule has 9 nitrogen and oxygen atoms in total. The fraction of sp³-hybridized carbons (Fsp3) is 0.448. The van der Waals surface area contributed by atoms with Crippen molar-refractivity contribution in [3.63, 3.8) is 0 Å². The topological polar surface area (TPSA) is 104 Å². The third-order valence-electron chi connectivity index (χ3n) is 7.08. The number of aromatic nitrogens is 2. The zero-order valence-electron chi connectivity index (χ0n) is 23.0. The smallest absolute Gasteiger partial charge is 0.242 e. The number of hydrogen-bond acceptors (Lipinski definition) is 7. The Labute approximate surface area is 224 Å². The molecule has 4 rings (SSSR count). The Kier molecular flexibility index (Phi) is 8.78. The number of aryl methyl sites for hydroxylation is 3. The zero-order valence-corrected chi connectivity index (χ0v) is 23.0. The summed E-state index contributed by atoms with van der Waals surface area (Å²) in [5.41, 5.74) is 6.36. The number of benzene rings is 2. The Morgan fingerprint density at radius 2 is 1.82 bits per heavy atom. The molecule has 3 aromatic rings. The first-order valence-electron chi connectivity index (χ1n) is 13.2. The molecule has 38 heavy (non-hydrogen) atoms. The number of carbonyl (C=O) groups is 2. The maximum Gasteiger partial charge on any atom is 0.242 e. The maximum atomic E-state index is 13.6. The lowest BCUT2D eigenvalue weighted by Crippen LogP contribution is -2.47. The monoisotopic (exact) mass is 518 g/mol. The van der Waals surface area contributed by atoms with Gasteiger partial charge in [0.05, 0.1) is 13.1 Å². The minimum absolute atomic E-state index is 0.0276. The van der Waals surface area contributed by atoms with Gasteiger partial charge in [-0.25, -0.2) is 0 Å². The van der Waals surface area contributed by atoms with Gasteiger partial charge in [0.15, 0.2) is 0 Å². The van der Waals surface area contributed by atoms with Gasteiger partial charge < -0.3 is 25.0 Å². The number of likely N-dealkylation sites (N-methyl/N-ethyl adjacent to an activating group) is 2. The average molecular weight is 519 g/mol. The number of hydrogen-bond donors (Lipinski definition) is 2. The van der Waals surface area contributed by atoms with Crippen LogP contribution in [-0.4, -0.2) is 72.7 Å². The number of fused-ring (bicyclic) bond motifs is 1. The van der Waals surface area contributed by atoms with Crippen molar-refractivity contribution in [1.29, 1.82) is 0 Å². The maximum absolute atomic E-state index is 13.6. The van der Waals surface area contributed by atoms with Crippen LogP contribution >= 0.6 is 0 Å². The molecule has 1 aliphatic rings. The highest BCUT2D eigenvalue weighted by atomic mass is 16.5. The van der Waals surface area contributed by atoms with E-state index in [2.05, 4.69) is 45.9 Å². The summed E-state index contributed by atoms with van der Waals surface area (Å²) < 4.78 is 5.16. The van der Waals surface area contributed by atoms with E-state index in [-0.39, 0.29) is 30.9 Å². The van der Waals surface area contributed by atoms with Crippen LogP contribution in [0, 0.1) is 20.8 Å². The second-order valence-electron chi connectivity index (χ2n) is 10.0. The molecule has 1 heterocycles. The lowest BCUT2D eigenvalue weighted by molar-refractivity contribution is -0.130. The third-order valence-corrected chi connectivity index (χ3v) is 7.08. The van der Waals surface area contributed by atoms with Crippen molar-refractivity contribution in [2.75, 3.05) is 44.7 Å². The van der Waals surface area contributed by atoms with Crippen LogP contribution in [0.1, 0.15) is 35.1 Å². The van der Waals surface area contributed by atoms with Crippen LogP contribution in [0.5, 0.6) is 0 Å². The number of nitrogens with one attached hydrogen (secondary N) is 2. The van der Waals surface area contributed by atoms with E-state index in [1.807, 2.05) is 48.9 Å². The number of carbonyl (C=O) groups excluding carboxylic acids is 2. The lowest BCUT2D eigenvalue weighted by Gasteiger charge is -2.30. The average Bonchev–Trinajstić information content (AvgIpc) is 3.52. The van der Waals surface area contributed by atoms with E-state index >= 15 is 0 Å². The van der Waals surface area contributed by atoms with E-state index in [1.165, 1.54) is 16.7 Å². The van der Waals surface area contributed by atoms with Gasteiger partial charge in [-0.1, -0.05) is 48.0 Å². The summed E-state index contributed by atoms with van der Waals surface area (Å²) in [6, 6.07) is 12.4. The highest BCUT2D eigenvalue weighted by Gasteiger charge is 2.29. The Morgan fingerprint density at radius 1 is 1.03 bits per heavy atom. The predicted molar refractivity (Wildman–Crippen MR) is 148 cm³/mol. The van der Waals surface area contributed by atoms with Crippen molar-refractivity contribution in [2.45, 2.75) is 46.6 Å². The molecule has 2 aromatic carbocycles. The first-order chi connectivity index (χ1) is 18.2. The zero-order chi connectivity index (χ0) is 27.2. The molecule has 0 saturated heterocycles. The Balaban J connectivity index is 1.53. The number of rotatable bonds is 11. The Hall–Kier alpha value is -3.72. The lowest BCUT2D eigenvalue weighted by atomic mass is 10.1. The van der Waals surface area contributed by atoms with Crippen LogP contribution < -0.4 is 15.5 Å². The molecular weight excluding hydrogens is 480 g/mol. The van der Waals surface area contributed by atoms with Gasteiger partial charge in [-0.3, -0.25) is 9.59 Å². The molecule has 202 valence electrons. The van der Waals surface area contributed by atoms with E-state index in [0.29, 0.717) is 24.8 Å².